The minimum atomic E-state index is -4.93. The summed E-state index contributed by atoms with van der Waals surface area (Å²) in [6, 6.07) is 0. The number of aliphatic hydroxyl groups excluding tert-OH is 3. The number of hydrogen-bond acceptors (Lipinski definition) is 5. The van der Waals surface area contributed by atoms with Gasteiger partial charge in [-0.25, -0.2) is 4.57 Å². The Kier molecular flexibility index (Phi) is 17.6. The topological polar surface area (TPSA) is 127 Å². The molecule has 0 aliphatic heterocycles. The summed E-state index contributed by atoms with van der Waals surface area (Å²) < 4.78 is 14.9. The average Bonchev–Trinajstić information content (AvgIpc) is 2.64. The first-order valence-electron chi connectivity index (χ1n) is 11.5. The van der Waals surface area contributed by atoms with Crippen molar-refractivity contribution < 1.29 is 34.2 Å². The first-order chi connectivity index (χ1) is 13.7. The van der Waals surface area contributed by atoms with Crippen molar-refractivity contribution in [3.63, 3.8) is 0 Å². The first-order valence-corrected chi connectivity index (χ1v) is 13.0. The van der Waals surface area contributed by atoms with E-state index in [9.17, 15) is 19.9 Å². The minimum Gasteiger partial charge on any atom is -0.390 e. The summed E-state index contributed by atoms with van der Waals surface area (Å²) in [7, 11) is -4.93. The standard InChI is InChI=1S/C21H45O7P/c1-3-5-7-9-10-12-14-16-18(15-13-11-8-6-4-2)17-19(22)20(23)21(24)28-29(25,26)27/h18-24H,3-17H2,1-2H3,(H2,25,26,27). The Balaban J connectivity index is 4.43. The zero-order valence-corrected chi connectivity index (χ0v) is 19.3. The van der Waals surface area contributed by atoms with Gasteiger partial charge in [0.1, 0.15) is 6.10 Å². The lowest BCUT2D eigenvalue weighted by Crippen LogP contribution is -2.39. The second-order valence-corrected chi connectivity index (χ2v) is 9.45. The number of aliphatic hydroxyl groups is 3. The molecule has 0 amide bonds. The molecule has 0 aromatic rings. The van der Waals surface area contributed by atoms with Gasteiger partial charge >= 0.3 is 7.82 Å². The largest absolute Gasteiger partial charge is 0.472 e. The van der Waals surface area contributed by atoms with Gasteiger partial charge in [0.15, 0.2) is 6.29 Å². The molecule has 29 heavy (non-hydrogen) atoms. The molecule has 0 spiro atoms. The van der Waals surface area contributed by atoms with Crippen molar-refractivity contribution in [2.75, 3.05) is 0 Å². The van der Waals surface area contributed by atoms with Crippen LogP contribution >= 0.6 is 7.82 Å². The van der Waals surface area contributed by atoms with Crippen LogP contribution in [0.3, 0.4) is 0 Å². The van der Waals surface area contributed by atoms with E-state index in [0.29, 0.717) is 0 Å². The Bertz CT molecular complexity index is 416. The van der Waals surface area contributed by atoms with Crippen LogP contribution in [0, 0.1) is 5.92 Å². The van der Waals surface area contributed by atoms with Crippen LogP contribution in [0.2, 0.25) is 0 Å². The van der Waals surface area contributed by atoms with Crippen LogP contribution in [0.4, 0.5) is 0 Å². The Hall–Kier alpha value is -0.0100. The molecule has 176 valence electrons. The Morgan fingerprint density at radius 2 is 1.14 bits per heavy atom. The zero-order chi connectivity index (χ0) is 22.1. The van der Waals surface area contributed by atoms with Crippen LogP contribution in [-0.4, -0.2) is 43.6 Å². The summed E-state index contributed by atoms with van der Waals surface area (Å²) in [5, 5.41) is 29.8. The summed E-state index contributed by atoms with van der Waals surface area (Å²) in [6.45, 7) is 4.37. The van der Waals surface area contributed by atoms with Crippen molar-refractivity contribution in [1.82, 2.24) is 0 Å². The molecule has 8 heteroatoms. The highest BCUT2D eigenvalue weighted by atomic mass is 31.2. The summed E-state index contributed by atoms with van der Waals surface area (Å²) in [6.07, 6.45) is 11.3. The van der Waals surface area contributed by atoms with Crippen molar-refractivity contribution >= 4 is 7.82 Å². The van der Waals surface area contributed by atoms with E-state index in [1.807, 2.05) is 0 Å². The van der Waals surface area contributed by atoms with E-state index in [1.165, 1.54) is 51.4 Å². The predicted molar refractivity (Wildman–Crippen MR) is 115 cm³/mol. The summed E-state index contributed by atoms with van der Waals surface area (Å²) in [5.74, 6) is 0.208. The molecule has 4 unspecified atom stereocenters. The fraction of sp³-hybridized carbons (Fsp3) is 1.00. The third-order valence-corrected chi connectivity index (χ3v) is 5.93. The lowest BCUT2D eigenvalue weighted by molar-refractivity contribution is -0.153. The maximum Gasteiger partial charge on any atom is 0.472 e. The van der Waals surface area contributed by atoms with Gasteiger partial charge in [-0.05, 0) is 12.3 Å². The zero-order valence-electron chi connectivity index (χ0n) is 18.4. The van der Waals surface area contributed by atoms with Crippen LogP contribution in [0.15, 0.2) is 0 Å². The van der Waals surface area contributed by atoms with E-state index in [1.54, 1.807) is 0 Å². The highest BCUT2D eigenvalue weighted by molar-refractivity contribution is 7.46. The van der Waals surface area contributed by atoms with E-state index in [4.69, 9.17) is 9.79 Å². The lowest BCUT2D eigenvalue weighted by Gasteiger charge is -2.26. The number of hydrogen-bond donors (Lipinski definition) is 5. The molecule has 0 heterocycles. The number of rotatable bonds is 20. The second-order valence-electron chi connectivity index (χ2n) is 8.26. The van der Waals surface area contributed by atoms with Crippen LogP contribution in [-0.2, 0) is 9.09 Å². The van der Waals surface area contributed by atoms with E-state index >= 15 is 0 Å². The molecule has 0 aliphatic carbocycles. The van der Waals surface area contributed by atoms with Crippen molar-refractivity contribution in [3.8, 4) is 0 Å². The fourth-order valence-electron chi connectivity index (χ4n) is 3.68. The SMILES string of the molecule is CCCCCCCCCC(CCCCCCC)CC(O)C(O)C(O)OP(=O)(O)O. The monoisotopic (exact) mass is 440 g/mol. The highest BCUT2D eigenvalue weighted by Crippen LogP contribution is 2.38. The molecule has 4 atom stereocenters. The highest BCUT2D eigenvalue weighted by Gasteiger charge is 2.32. The Morgan fingerprint density at radius 3 is 1.55 bits per heavy atom. The number of phosphoric acid groups is 1. The molecule has 0 rings (SSSR count). The molecule has 0 aliphatic rings. The fourth-order valence-corrected chi connectivity index (χ4v) is 4.09. The second kappa shape index (κ2) is 17.6. The van der Waals surface area contributed by atoms with Crippen LogP contribution in [0.1, 0.15) is 110 Å². The molecule has 5 N–H and O–H groups in total. The van der Waals surface area contributed by atoms with Gasteiger partial charge in [-0.1, -0.05) is 104 Å². The molecular weight excluding hydrogens is 395 g/mol. The van der Waals surface area contributed by atoms with E-state index in [2.05, 4.69) is 18.4 Å². The molecule has 0 aromatic carbocycles. The number of unbranched alkanes of at least 4 members (excludes halogenated alkanes) is 10. The van der Waals surface area contributed by atoms with Gasteiger partial charge in [0, 0.05) is 0 Å². The quantitative estimate of drug-likeness (QED) is 0.106. The van der Waals surface area contributed by atoms with E-state index in [-0.39, 0.29) is 12.3 Å². The molecule has 0 radical (unpaired) electrons. The van der Waals surface area contributed by atoms with Crippen molar-refractivity contribution in [2.24, 2.45) is 5.92 Å². The normalized spacial score (nSPS) is 16.5. The molecule has 0 bridgehead atoms. The molecule has 7 nitrogen and oxygen atoms in total. The average molecular weight is 441 g/mol. The Labute approximate surface area is 177 Å². The third-order valence-electron chi connectivity index (χ3n) is 5.44. The minimum absolute atomic E-state index is 0.208. The van der Waals surface area contributed by atoms with E-state index < -0.39 is 26.3 Å². The van der Waals surface area contributed by atoms with Gasteiger partial charge in [0.2, 0.25) is 0 Å². The molecule has 0 saturated carbocycles. The van der Waals surface area contributed by atoms with Crippen molar-refractivity contribution in [3.05, 3.63) is 0 Å². The van der Waals surface area contributed by atoms with Gasteiger partial charge in [-0.15, -0.1) is 0 Å². The predicted octanol–water partition coefficient (Wildman–Crippen LogP) is 4.64. The maximum atomic E-state index is 10.8. The Morgan fingerprint density at radius 1 is 0.724 bits per heavy atom. The van der Waals surface area contributed by atoms with Gasteiger partial charge in [0.05, 0.1) is 6.10 Å². The maximum absolute atomic E-state index is 10.8. The summed E-state index contributed by atoms with van der Waals surface area (Å²) >= 11 is 0. The van der Waals surface area contributed by atoms with Crippen LogP contribution in [0.25, 0.3) is 0 Å². The summed E-state index contributed by atoms with van der Waals surface area (Å²) in [4.78, 5) is 17.5. The summed E-state index contributed by atoms with van der Waals surface area (Å²) in [5.41, 5.74) is 0. The van der Waals surface area contributed by atoms with Gasteiger partial charge in [0.25, 0.3) is 0 Å². The van der Waals surface area contributed by atoms with E-state index in [0.717, 1.165) is 38.5 Å². The van der Waals surface area contributed by atoms with Gasteiger partial charge in [-0.2, -0.15) is 0 Å². The third kappa shape index (κ3) is 17.4. The number of phosphoric ester groups is 1. The molecule has 0 aromatic heterocycles. The first kappa shape index (κ1) is 29.0. The molecule has 0 fully saturated rings. The van der Waals surface area contributed by atoms with Gasteiger partial charge < -0.3 is 25.1 Å². The van der Waals surface area contributed by atoms with Crippen molar-refractivity contribution in [2.45, 2.75) is 129 Å². The molecule has 0 saturated heterocycles. The van der Waals surface area contributed by atoms with Crippen LogP contribution < -0.4 is 0 Å². The van der Waals surface area contributed by atoms with Crippen LogP contribution in [0.5, 0.6) is 0 Å². The van der Waals surface area contributed by atoms with Crippen molar-refractivity contribution in [1.29, 1.82) is 0 Å². The smallest absolute Gasteiger partial charge is 0.390 e. The lowest BCUT2D eigenvalue weighted by atomic mass is 9.88. The molecular formula is C21H45O7P. The van der Waals surface area contributed by atoms with Gasteiger partial charge in [-0.3, -0.25) is 4.52 Å².